The molecule has 2 aliphatic heterocycles. The zero-order valence-corrected chi connectivity index (χ0v) is 18.8. The van der Waals surface area contributed by atoms with Crippen LogP contribution in [0.25, 0.3) is 0 Å². The van der Waals surface area contributed by atoms with Crippen LogP contribution in [0.2, 0.25) is 0 Å². The molecule has 162 valence electrons. The fourth-order valence-corrected chi connectivity index (χ4v) is 6.43. The topological polar surface area (TPSA) is 69.7 Å². The van der Waals surface area contributed by atoms with Crippen LogP contribution in [-0.4, -0.2) is 56.3 Å². The molecule has 2 aromatic rings. The van der Waals surface area contributed by atoms with E-state index in [9.17, 15) is 13.2 Å². The first kappa shape index (κ1) is 21.5. The summed E-state index contributed by atoms with van der Waals surface area (Å²) in [5, 5.41) is 5.14. The summed E-state index contributed by atoms with van der Waals surface area (Å²) in [6, 6.07) is 10.6. The van der Waals surface area contributed by atoms with Crippen LogP contribution in [0.5, 0.6) is 0 Å². The van der Waals surface area contributed by atoms with Crippen LogP contribution in [0.1, 0.15) is 40.9 Å². The molecule has 30 heavy (non-hydrogen) atoms. The van der Waals surface area contributed by atoms with E-state index in [-0.39, 0.29) is 10.8 Å². The Balaban J connectivity index is 1.24. The lowest BCUT2D eigenvalue weighted by atomic mass is 9.96. The Kier molecular flexibility index (Phi) is 6.87. The van der Waals surface area contributed by atoms with Crippen molar-refractivity contribution in [2.45, 2.75) is 37.1 Å². The third kappa shape index (κ3) is 5.11. The average Bonchev–Trinajstić information content (AvgIpc) is 3.48. The second-order valence-corrected chi connectivity index (χ2v) is 11.1. The molecule has 1 aromatic heterocycles. The predicted octanol–water partition coefficient (Wildman–Crippen LogP) is 3.17. The maximum Gasteiger partial charge on any atom is 0.251 e. The minimum Gasteiger partial charge on any atom is -0.352 e. The Morgan fingerprint density at radius 2 is 1.73 bits per heavy atom. The van der Waals surface area contributed by atoms with Crippen LogP contribution in [0.4, 0.5) is 0 Å². The van der Waals surface area contributed by atoms with Crippen molar-refractivity contribution in [3.8, 4) is 0 Å². The number of piperidine rings is 1. The number of rotatable bonds is 7. The summed E-state index contributed by atoms with van der Waals surface area (Å²) in [4.78, 5) is 16.6. The number of hydrogen-bond acceptors (Lipinski definition) is 5. The van der Waals surface area contributed by atoms with Gasteiger partial charge in [0.2, 0.25) is 10.0 Å². The van der Waals surface area contributed by atoms with Crippen LogP contribution >= 0.6 is 11.3 Å². The Hall–Kier alpha value is -1.74. The Labute approximate surface area is 182 Å². The first-order valence-electron chi connectivity index (χ1n) is 10.7. The van der Waals surface area contributed by atoms with E-state index in [0.29, 0.717) is 31.1 Å². The Morgan fingerprint density at radius 1 is 1.03 bits per heavy atom. The van der Waals surface area contributed by atoms with Crippen LogP contribution in [0.3, 0.4) is 0 Å². The molecule has 4 rings (SSSR count). The summed E-state index contributed by atoms with van der Waals surface area (Å²) in [5.74, 6) is 0.351. The van der Waals surface area contributed by atoms with Gasteiger partial charge in [0, 0.05) is 36.6 Å². The van der Waals surface area contributed by atoms with Crippen molar-refractivity contribution >= 4 is 27.3 Å². The normalized spacial score (nSPS) is 19.2. The van der Waals surface area contributed by atoms with E-state index < -0.39 is 10.0 Å². The fourth-order valence-electron chi connectivity index (χ4n) is 4.17. The quantitative estimate of drug-likeness (QED) is 0.708. The van der Waals surface area contributed by atoms with Crippen molar-refractivity contribution in [3.63, 3.8) is 0 Å². The molecule has 0 atom stereocenters. The fraction of sp³-hybridized carbons (Fsp3) is 0.500. The zero-order chi connectivity index (χ0) is 21.0. The van der Waals surface area contributed by atoms with Crippen molar-refractivity contribution in [1.29, 1.82) is 0 Å². The molecule has 0 saturated carbocycles. The lowest BCUT2D eigenvalue weighted by Gasteiger charge is -2.31. The van der Waals surface area contributed by atoms with Gasteiger partial charge in [-0.1, -0.05) is 6.07 Å². The Bertz CT molecular complexity index is 929. The van der Waals surface area contributed by atoms with E-state index >= 15 is 0 Å². The molecule has 0 aliphatic carbocycles. The van der Waals surface area contributed by atoms with Crippen molar-refractivity contribution in [1.82, 2.24) is 14.5 Å². The maximum atomic E-state index is 12.6. The molecule has 0 bridgehead atoms. The van der Waals surface area contributed by atoms with E-state index in [1.165, 1.54) is 9.18 Å². The Morgan fingerprint density at radius 3 is 2.37 bits per heavy atom. The summed E-state index contributed by atoms with van der Waals surface area (Å²) >= 11 is 1.80. The summed E-state index contributed by atoms with van der Waals surface area (Å²) in [5.41, 5.74) is 0.505. The smallest absolute Gasteiger partial charge is 0.251 e. The number of nitrogens with zero attached hydrogens (tertiary/aromatic N) is 2. The number of carbonyl (C=O) groups excluding carboxylic acids is 1. The monoisotopic (exact) mass is 447 g/mol. The van der Waals surface area contributed by atoms with E-state index in [4.69, 9.17) is 0 Å². The highest BCUT2D eigenvalue weighted by atomic mass is 32.2. The maximum absolute atomic E-state index is 12.6. The zero-order valence-electron chi connectivity index (χ0n) is 17.1. The SMILES string of the molecule is O=C(NCC1CCN(Cc2cccs2)CC1)c1ccc(S(=O)(=O)N2CCCC2)cc1. The molecule has 3 heterocycles. The number of amides is 1. The van der Waals surface area contributed by atoms with Gasteiger partial charge >= 0.3 is 0 Å². The van der Waals surface area contributed by atoms with Crippen LogP contribution < -0.4 is 5.32 Å². The number of sulfonamides is 1. The van der Waals surface area contributed by atoms with E-state index in [1.54, 1.807) is 35.6 Å². The molecule has 0 unspecified atom stereocenters. The third-order valence-corrected chi connectivity index (χ3v) is 8.81. The van der Waals surface area contributed by atoms with Crippen molar-refractivity contribution in [3.05, 3.63) is 52.2 Å². The number of carbonyl (C=O) groups is 1. The lowest BCUT2D eigenvalue weighted by molar-refractivity contribution is 0.0935. The van der Waals surface area contributed by atoms with Crippen LogP contribution in [0, 0.1) is 5.92 Å². The van der Waals surface area contributed by atoms with Gasteiger partial charge in [-0.25, -0.2) is 8.42 Å². The number of nitrogens with one attached hydrogen (secondary N) is 1. The molecule has 2 saturated heterocycles. The molecule has 0 spiro atoms. The van der Waals surface area contributed by atoms with Gasteiger partial charge < -0.3 is 5.32 Å². The van der Waals surface area contributed by atoms with Crippen LogP contribution in [0.15, 0.2) is 46.7 Å². The van der Waals surface area contributed by atoms with Crippen molar-refractivity contribution in [2.75, 3.05) is 32.7 Å². The molecular weight excluding hydrogens is 418 g/mol. The molecule has 0 radical (unpaired) electrons. The van der Waals surface area contributed by atoms with Gasteiger partial charge in [-0.2, -0.15) is 4.31 Å². The van der Waals surface area contributed by atoms with Gasteiger partial charge in [-0.15, -0.1) is 11.3 Å². The van der Waals surface area contributed by atoms with E-state index in [2.05, 4.69) is 27.7 Å². The third-order valence-electron chi connectivity index (χ3n) is 6.04. The molecule has 1 N–H and O–H groups in total. The highest BCUT2D eigenvalue weighted by Gasteiger charge is 2.27. The largest absolute Gasteiger partial charge is 0.352 e. The average molecular weight is 448 g/mol. The summed E-state index contributed by atoms with van der Waals surface area (Å²) in [7, 11) is -3.44. The second kappa shape index (κ2) is 9.60. The summed E-state index contributed by atoms with van der Waals surface area (Å²) < 4.78 is 26.7. The standard InChI is InChI=1S/C22H29N3O3S2/c26-22(19-5-7-21(8-6-19)30(27,28)25-11-1-2-12-25)23-16-18-9-13-24(14-10-18)17-20-4-3-15-29-20/h3-8,15,18H,1-2,9-14,16-17H2,(H,23,26). The van der Waals surface area contributed by atoms with Gasteiger partial charge in [0.25, 0.3) is 5.91 Å². The summed E-state index contributed by atoms with van der Waals surface area (Å²) in [6.45, 7) is 4.96. The first-order chi connectivity index (χ1) is 14.5. The predicted molar refractivity (Wildman–Crippen MR) is 119 cm³/mol. The molecular formula is C22H29N3O3S2. The highest BCUT2D eigenvalue weighted by Crippen LogP contribution is 2.22. The molecule has 2 fully saturated rings. The minimum absolute atomic E-state index is 0.138. The van der Waals surface area contributed by atoms with Crippen molar-refractivity contribution < 1.29 is 13.2 Å². The minimum atomic E-state index is -3.44. The number of hydrogen-bond donors (Lipinski definition) is 1. The summed E-state index contributed by atoms with van der Waals surface area (Å²) in [6.07, 6.45) is 3.98. The molecule has 2 aliphatic rings. The second-order valence-electron chi connectivity index (χ2n) is 8.14. The lowest BCUT2D eigenvalue weighted by Crippen LogP contribution is -2.38. The van der Waals surface area contributed by atoms with Gasteiger partial charge in [-0.3, -0.25) is 9.69 Å². The van der Waals surface area contributed by atoms with Gasteiger partial charge in [0.15, 0.2) is 0 Å². The molecule has 6 nitrogen and oxygen atoms in total. The van der Waals surface area contributed by atoms with E-state index in [0.717, 1.165) is 45.3 Å². The van der Waals surface area contributed by atoms with Crippen molar-refractivity contribution in [2.24, 2.45) is 5.92 Å². The van der Waals surface area contributed by atoms with Gasteiger partial charge in [-0.05, 0) is 80.4 Å². The molecule has 1 aromatic carbocycles. The molecule has 1 amide bonds. The first-order valence-corrected chi connectivity index (χ1v) is 13.0. The number of likely N-dealkylation sites (tertiary alicyclic amines) is 1. The highest BCUT2D eigenvalue weighted by molar-refractivity contribution is 7.89. The number of thiophene rings is 1. The van der Waals surface area contributed by atoms with Gasteiger partial charge in [0.1, 0.15) is 0 Å². The van der Waals surface area contributed by atoms with E-state index in [1.807, 2.05) is 0 Å². The number of benzene rings is 1. The van der Waals surface area contributed by atoms with Crippen LogP contribution in [-0.2, 0) is 16.6 Å². The molecule has 8 heteroatoms. The van der Waals surface area contributed by atoms with Gasteiger partial charge in [0.05, 0.1) is 4.90 Å².